The summed E-state index contributed by atoms with van der Waals surface area (Å²) in [6.07, 6.45) is 1.83. The smallest absolute Gasteiger partial charge is 0.132 e. The van der Waals surface area contributed by atoms with Crippen LogP contribution in [0.1, 0.15) is 23.5 Å². The molecule has 84 valence electrons. The molecule has 0 fully saturated rings. The van der Waals surface area contributed by atoms with Crippen molar-refractivity contribution in [3.8, 4) is 0 Å². The zero-order valence-corrected chi connectivity index (χ0v) is 9.92. The van der Waals surface area contributed by atoms with Crippen LogP contribution < -0.4 is 5.32 Å². The maximum absolute atomic E-state index is 5.00. The van der Waals surface area contributed by atoms with E-state index in [1.54, 1.807) is 7.11 Å². The lowest BCUT2D eigenvalue weighted by atomic mass is 10.2. The number of hydrogen-bond acceptors (Lipinski definition) is 4. The summed E-state index contributed by atoms with van der Waals surface area (Å²) in [6, 6.07) is 0. The highest BCUT2D eigenvalue weighted by molar-refractivity contribution is 5.44. The lowest BCUT2D eigenvalue weighted by Crippen LogP contribution is -2.06. The van der Waals surface area contributed by atoms with Crippen LogP contribution in [0.5, 0.6) is 0 Å². The number of aromatic nitrogens is 2. The van der Waals surface area contributed by atoms with E-state index in [-0.39, 0.29) is 0 Å². The Kier molecular flexibility index (Phi) is 4.49. The summed E-state index contributed by atoms with van der Waals surface area (Å²) < 4.78 is 5.00. The Labute approximate surface area is 91.1 Å². The number of rotatable bonds is 5. The van der Waals surface area contributed by atoms with Crippen molar-refractivity contribution in [2.75, 3.05) is 26.1 Å². The van der Waals surface area contributed by atoms with Crippen LogP contribution in [0.3, 0.4) is 0 Å². The Balaban J connectivity index is 2.77. The van der Waals surface area contributed by atoms with Gasteiger partial charge in [-0.2, -0.15) is 0 Å². The summed E-state index contributed by atoms with van der Waals surface area (Å²) in [6.45, 7) is 4.79. The molecular formula is C11H19N3O. The van der Waals surface area contributed by atoms with Crippen molar-refractivity contribution < 1.29 is 4.74 Å². The van der Waals surface area contributed by atoms with Gasteiger partial charge < -0.3 is 10.1 Å². The van der Waals surface area contributed by atoms with Crippen molar-refractivity contribution in [2.45, 2.75) is 26.7 Å². The number of anilines is 1. The molecule has 1 aromatic heterocycles. The van der Waals surface area contributed by atoms with Gasteiger partial charge in [0.1, 0.15) is 11.6 Å². The van der Waals surface area contributed by atoms with Crippen LogP contribution in [0.15, 0.2) is 0 Å². The Bertz CT molecular complexity index is 326. The molecule has 0 spiro atoms. The van der Waals surface area contributed by atoms with Crippen molar-refractivity contribution in [3.05, 3.63) is 17.1 Å². The van der Waals surface area contributed by atoms with Gasteiger partial charge in [0.05, 0.1) is 0 Å². The van der Waals surface area contributed by atoms with Crippen LogP contribution >= 0.6 is 0 Å². The molecule has 0 radical (unpaired) electrons. The van der Waals surface area contributed by atoms with E-state index in [0.717, 1.165) is 42.3 Å². The zero-order valence-electron chi connectivity index (χ0n) is 9.92. The highest BCUT2D eigenvalue weighted by Crippen LogP contribution is 2.14. The second kappa shape index (κ2) is 5.66. The van der Waals surface area contributed by atoms with Crippen LogP contribution in [-0.4, -0.2) is 30.7 Å². The van der Waals surface area contributed by atoms with Crippen molar-refractivity contribution in [1.29, 1.82) is 0 Å². The van der Waals surface area contributed by atoms with E-state index < -0.39 is 0 Å². The quantitative estimate of drug-likeness (QED) is 0.750. The van der Waals surface area contributed by atoms with Crippen LogP contribution in [0, 0.1) is 13.8 Å². The van der Waals surface area contributed by atoms with E-state index in [9.17, 15) is 0 Å². The third-order valence-corrected chi connectivity index (χ3v) is 2.42. The minimum atomic E-state index is 0.755. The van der Waals surface area contributed by atoms with Gasteiger partial charge in [-0.3, -0.25) is 0 Å². The molecule has 1 heterocycles. The molecule has 0 atom stereocenters. The summed E-state index contributed by atoms with van der Waals surface area (Å²) in [5.41, 5.74) is 2.16. The second-order valence-corrected chi connectivity index (χ2v) is 3.55. The number of hydrogen-bond donors (Lipinski definition) is 1. The van der Waals surface area contributed by atoms with E-state index in [2.05, 4.69) is 15.3 Å². The minimum Gasteiger partial charge on any atom is -0.385 e. The Morgan fingerprint density at radius 1 is 1.27 bits per heavy atom. The zero-order chi connectivity index (χ0) is 11.3. The van der Waals surface area contributed by atoms with E-state index in [1.807, 2.05) is 20.9 Å². The molecule has 15 heavy (non-hydrogen) atoms. The van der Waals surface area contributed by atoms with Gasteiger partial charge in [0, 0.05) is 38.4 Å². The normalized spacial score (nSPS) is 10.4. The molecule has 0 saturated carbocycles. The van der Waals surface area contributed by atoms with Crippen molar-refractivity contribution in [2.24, 2.45) is 0 Å². The van der Waals surface area contributed by atoms with Gasteiger partial charge in [-0.25, -0.2) is 9.97 Å². The first-order valence-corrected chi connectivity index (χ1v) is 5.19. The van der Waals surface area contributed by atoms with Crippen LogP contribution in [0.25, 0.3) is 0 Å². The average molecular weight is 209 g/mol. The first kappa shape index (κ1) is 11.9. The summed E-state index contributed by atoms with van der Waals surface area (Å²) in [4.78, 5) is 8.89. The number of nitrogens with zero attached hydrogens (tertiary/aromatic N) is 2. The van der Waals surface area contributed by atoms with Gasteiger partial charge in [-0.05, 0) is 20.3 Å². The molecule has 1 N–H and O–H groups in total. The van der Waals surface area contributed by atoms with Crippen LogP contribution in [-0.2, 0) is 11.2 Å². The summed E-state index contributed by atoms with van der Waals surface area (Å²) in [5, 5.41) is 3.08. The number of nitrogens with one attached hydrogen (secondary N) is 1. The lowest BCUT2D eigenvalue weighted by molar-refractivity contribution is 0.194. The van der Waals surface area contributed by atoms with Gasteiger partial charge in [0.25, 0.3) is 0 Å². The molecule has 0 bridgehead atoms. The topological polar surface area (TPSA) is 47.0 Å². The summed E-state index contributed by atoms with van der Waals surface area (Å²) in [5.74, 6) is 1.81. The molecule has 0 aliphatic carbocycles. The highest BCUT2D eigenvalue weighted by Gasteiger charge is 2.06. The van der Waals surface area contributed by atoms with Gasteiger partial charge >= 0.3 is 0 Å². The monoisotopic (exact) mass is 209 g/mol. The Morgan fingerprint density at radius 3 is 2.60 bits per heavy atom. The lowest BCUT2D eigenvalue weighted by Gasteiger charge is -2.09. The molecule has 4 heteroatoms. The molecular weight excluding hydrogens is 190 g/mol. The fourth-order valence-electron chi connectivity index (χ4n) is 1.42. The van der Waals surface area contributed by atoms with Gasteiger partial charge in [0.15, 0.2) is 0 Å². The molecule has 0 saturated heterocycles. The van der Waals surface area contributed by atoms with E-state index in [0.29, 0.717) is 0 Å². The van der Waals surface area contributed by atoms with E-state index in [4.69, 9.17) is 4.74 Å². The molecule has 0 unspecified atom stereocenters. The van der Waals surface area contributed by atoms with Crippen molar-refractivity contribution in [1.82, 2.24) is 9.97 Å². The fourth-order valence-corrected chi connectivity index (χ4v) is 1.42. The molecule has 0 aliphatic heterocycles. The van der Waals surface area contributed by atoms with Crippen LogP contribution in [0.4, 0.5) is 5.82 Å². The third-order valence-electron chi connectivity index (χ3n) is 2.42. The minimum absolute atomic E-state index is 0.755. The molecule has 4 nitrogen and oxygen atoms in total. The fraction of sp³-hybridized carbons (Fsp3) is 0.636. The summed E-state index contributed by atoms with van der Waals surface area (Å²) >= 11 is 0. The third kappa shape index (κ3) is 3.16. The van der Waals surface area contributed by atoms with Gasteiger partial charge in [0.2, 0.25) is 0 Å². The number of ether oxygens (including phenoxy) is 1. The maximum Gasteiger partial charge on any atom is 0.132 e. The molecule has 0 aromatic carbocycles. The first-order valence-electron chi connectivity index (χ1n) is 5.19. The SMILES string of the molecule is CNc1nc(CCCOC)nc(C)c1C. The average Bonchev–Trinajstić information content (AvgIpc) is 2.23. The van der Waals surface area contributed by atoms with Crippen molar-refractivity contribution >= 4 is 5.82 Å². The molecule has 1 aromatic rings. The van der Waals surface area contributed by atoms with Gasteiger partial charge in [-0.15, -0.1) is 0 Å². The van der Waals surface area contributed by atoms with Gasteiger partial charge in [-0.1, -0.05) is 0 Å². The Morgan fingerprint density at radius 2 is 2.00 bits per heavy atom. The summed E-state index contributed by atoms with van der Waals surface area (Å²) in [7, 11) is 3.59. The van der Waals surface area contributed by atoms with Crippen molar-refractivity contribution in [3.63, 3.8) is 0 Å². The molecule has 1 rings (SSSR count). The van der Waals surface area contributed by atoms with E-state index >= 15 is 0 Å². The molecule has 0 aliphatic rings. The number of aryl methyl sites for hydroxylation is 2. The highest BCUT2D eigenvalue weighted by atomic mass is 16.5. The largest absolute Gasteiger partial charge is 0.385 e. The maximum atomic E-state index is 5.00. The second-order valence-electron chi connectivity index (χ2n) is 3.55. The predicted octanol–water partition coefficient (Wildman–Crippen LogP) is 1.71. The number of methoxy groups -OCH3 is 1. The van der Waals surface area contributed by atoms with Crippen LogP contribution in [0.2, 0.25) is 0 Å². The van der Waals surface area contributed by atoms with E-state index in [1.165, 1.54) is 0 Å². The Hall–Kier alpha value is -1.16. The first-order chi connectivity index (χ1) is 7.19. The predicted molar refractivity (Wildman–Crippen MR) is 61.2 cm³/mol. The standard InChI is InChI=1S/C11H19N3O/c1-8-9(2)13-10(6-5-7-15-4)14-11(8)12-3/h5-7H2,1-4H3,(H,12,13,14). The molecule has 0 amide bonds.